The second-order valence-corrected chi connectivity index (χ2v) is 10.2. The van der Waals surface area contributed by atoms with Gasteiger partial charge in [0.05, 0.1) is 6.04 Å². The zero-order chi connectivity index (χ0) is 26.6. The third-order valence-corrected chi connectivity index (χ3v) is 6.64. The Morgan fingerprint density at radius 1 is 0.686 bits per heavy atom. The Hall–Kier alpha value is -1.54. The van der Waals surface area contributed by atoms with Crippen molar-refractivity contribution >= 4 is 47.2 Å². The highest BCUT2D eigenvalue weighted by Crippen LogP contribution is 2.08. The number of carbonyl (C=O) groups is 4. The predicted molar refractivity (Wildman–Crippen MR) is 143 cm³/mol. The minimum Gasteiger partial charge on any atom is -0.480 e. The third kappa shape index (κ3) is 15.2. The Balaban J connectivity index is 5.36. The molecule has 204 valence electrons. The number of aliphatic carboxylic acids is 1. The molecule has 0 aromatic carbocycles. The van der Waals surface area contributed by atoms with Gasteiger partial charge in [-0.2, -0.15) is 23.5 Å². The monoisotopic (exact) mass is 536 g/mol. The molecular weight excluding hydrogens is 492 g/mol. The SMILES string of the molecule is CSCCC(NC(=O)C(CCSC)NC(=O)C(CCCCN)NC(=O)C(N)CCCCN)C(=O)O. The molecule has 0 aromatic heterocycles. The first-order valence-corrected chi connectivity index (χ1v) is 14.8. The van der Waals surface area contributed by atoms with Crippen molar-refractivity contribution in [3.63, 3.8) is 0 Å². The van der Waals surface area contributed by atoms with Crippen LogP contribution in [0.3, 0.4) is 0 Å². The molecule has 0 saturated carbocycles. The summed E-state index contributed by atoms with van der Waals surface area (Å²) < 4.78 is 0. The number of hydrogen-bond acceptors (Lipinski definition) is 9. The van der Waals surface area contributed by atoms with Crippen molar-refractivity contribution in [1.29, 1.82) is 0 Å². The van der Waals surface area contributed by atoms with Crippen molar-refractivity contribution in [2.75, 3.05) is 37.1 Å². The number of nitrogens with two attached hydrogens (primary N) is 3. The highest BCUT2D eigenvalue weighted by Gasteiger charge is 2.29. The number of carboxylic acids is 1. The van der Waals surface area contributed by atoms with Crippen LogP contribution >= 0.6 is 23.5 Å². The van der Waals surface area contributed by atoms with E-state index in [1.807, 2.05) is 12.5 Å². The van der Waals surface area contributed by atoms with E-state index in [4.69, 9.17) is 17.2 Å². The molecule has 11 nitrogen and oxygen atoms in total. The minimum atomic E-state index is -1.13. The van der Waals surface area contributed by atoms with Crippen molar-refractivity contribution in [1.82, 2.24) is 16.0 Å². The fourth-order valence-corrected chi connectivity index (χ4v) is 4.17. The van der Waals surface area contributed by atoms with Crippen LogP contribution in [-0.4, -0.2) is 90.1 Å². The number of unbranched alkanes of at least 4 members (excludes halogenated alkanes) is 2. The summed E-state index contributed by atoms with van der Waals surface area (Å²) in [4.78, 5) is 50.1. The normalized spacial score (nSPS) is 14.4. The van der Waals surface area contributed by atoms with Gasteiger partial charge in [-0.15, -0.1) is 0 Å². The van der Waals surface area contributed by atoms with Crippen LogP contribution in [0.4, 0.5) is 0 Å². The standard InChI is InChI=1S/C22H44N6O5S2/c1-34-13-9-17(21(31)28-18(22(32)33)10-14-35-2)27-20(30)16(8-4-6-12-24)26-19(29)15(25)7-3-5-11-23/h15-18H,3-14,23-25H2,1-2H3,(H,26,29)(H,27,30)(H,28,31)(H,32,33). The van der Waals surface area contributed by atoms with Crippen molar-refractivity contribution < 1.29 is 24.3 Å². The van der Waals surface area contributed by atoms with E-state index in [-0.39, 0.29) is 6.42 Å². The number of rotatable bonds is 21. The molecular formula is C22H44N6O5S2. The first kappa shape index (κ1) is 33.5. The summed E-state index contributed by atoms with van der Waals surface area (Å²) in [5, 5.41) is 17.4. The summed E-state index contributed by atoms with van der Waals surface area (Å²) in [6.45, 7) is 0.963. The van der Waals surface area contributed by atoms with E-state index in [1.165, 1.54) is 23.5 Å². The van der Waals surface area contributed by atoms with Gasteiger partial charge < -0.3 is 38.3 Å². The molecule has 0 aliphatic rings. The quantitative estimate of drug-likeness (QED) is 0.0947. The van der Waals surface area contributed by atoms with Gasteiger partial charge in [0.15, 0.2) is 0 Å². The Morgan fingerprint density at radius 3 is 1.60 bits per heavy atom. The van der Waals surface area contributed by atoms with Crippen LogP contribution in [-0.2, 0) is 19.2 Å². The maximum Gasteiger partial charge on any atom is 0.326 e. The molecule has 10 N–H and O–H groups in total. The largest absolute Gasteiger partial charge is 0.480 e. The van der Waals surface area contributed by atoms with Crippen LogP contribution in [0.25, 0.3) is 0 Å². The van der Waals surface area contributed by atoms with E-state index in [9.17, 15) is 24.3 Å². The molecule has 4 atom stereocenters. The van der Waals surface area contributed by atoms with Gasteiger partial charge in [0, 0.05) is 0 Å². The molecule has 13 heteroatoms. The van der Waals surface area contributed by atoms with Crippen LogP contribution in [0.5, 0.6) is 0 Å². The van der Waals surface area contributed by atoms with Crippen molar-refractivity contribution in [3.05, 3.63) is 0 Å². The van der Waals surface area contributed by atoms with E-state index in [0.29, 0.717) is 63.1 Å². The van der Waals surface area contributed by atoms with Gasteiger partial charge in [-0.3, -0.25) is 14.4 Å². The van der Waals surface area contributed by atoms with Crippen LogP contribution in [0, 0.1) is 0 Å². The van der Waals surface area contributed by atoms with Gasteiger partial charge in [0.1, 0.15) is 18.1 Å². The lowest BCUT2D eigenvalue weighted by molar-refractivity contribution is -0.142. The molecule has 4 unspecified atom stereocenters. The second kappa shape index (κ2) is 20.6. The van der Waals surface area contributed by atoms with Crippen LogP contribution in [0.2, 0.25) is 0 Å². The highest BCUT2D eigenvalue weighted by molar-refractivity contribution is 7.98. The zero-order valence-corrected chi connectivity index (χ0v) is 22.6. The molecule has 0 aliphatic heterocycles. The van der Waals surface area contributed by atoms with E-state index in [1.54, 1.807) is 0 Å². The van der Waals surface area contributed by atoms with Crippen molar-refractivity contribution in [2.24, 2.45) is 17.2 Å². The number of thioether (sulfide) groups is 2. The lowest BCUT2D eigenvalue weighted by atomic mass is 10.1. The fraction of sp³-hybridized carbons (Fsp3) is 0.818. The third-order valence-electron chi connectivity index (χ3n) is 5.35. The summed E-state index contributed by atoms with van der Waals surface area (Å²) in [5.41, 5.74) is 17.0. The van der Waals surface area contributed by atoms with Gasteiger partial charge in [-0.1, -0.05) is 6.42 Å². The zero-order valence-electron chi connectivity index (χ0n) is 20.9. The molecule has 3 amide bonds. The topological polar surface area (TPSA) is 203 Å². The lowest BCUT2D eigenvalue weighted by Crippen LogP contribution is -2.57. The molecule has 0 saturated heterocycles. The minimum absolute atomic E-state index is 0.269. The summed E-state index contributed by atoms with van der Waals surface area (Å²) >= 11 is 2.98. The molecule has 0 fully saturated rings. The van der Waals surface area contributed by atoms with Gasteiger partial charge in [0.25, 0.3) is 0 Å². The van der Waals surface area contributed by atoms with Gasteiger partial charge in [0.2, 0.25) is 17.7 Å². The van der Waals surface area contributed by atoms with Gasteiger partial charge in [-0.05, 0) is 82.1 Å². The Kier molecular flexibility index (Phi) is 19.7. The molecule has 35 heavy (non-hydrogen) atoms. The molecule has 0 rings (SSSR count). The summed E-state index contributed by atoms with van der Waals surface area (Å²) in [6.07, 6.45) is 7.83. The molecule has 0 bridgehead atoms. The van der Waals surface area contributed by atoms with Crippen LogP contribution in [0.1, 0.15) is 51.4 Å². The summed E-state index contributed by atoms with van der Waals surface area (Å²) in [6, 6.07) is -3.63. The fourth-order valence-electron chi connectivity index (χ4n) is 3.22. The Morgan fingerprint density at radius 2 is 1.11 bits per heavy atom. The number of amides is 3. The summed E-state index contributed by atoms with van der Waals surface area (Å²) in [5.74, 6) is -1.49. The lowest BCUT2D eigenvalue weighted by Gasteiger charge is -2.25. The van der Waals surface area contributed by atoms with E-state index >= 15 is 0 Å². The van der Waals surface area contributed by atoms with Crippen LogP contribution in [0.15, 0.2) is 0 Å². The number of carbonyl (C=O) groups excluding carboxylic acids is 3. The predicted octanol–water partition coefficient (Wildman–Crippen LogP) is -0.383. The average Bonchev–Trinajstić information content (AvgIpc) is 2.83. The average molecular weight is 537 g/mol. The first-order chi connectivity index (χ1) is 16.7. The molecule has 0 heterocycles. The number of nitrogens with one attached hydrogen (secondary N) is 3. The Labute approximate surface area is 217 Å². The van der Waals surface area contributed by atoms with E-state index in [2.05, 4.69) is 16.0 Å². The van der Waals surface area contributed by atoms with E-state index in [0.717, 1.165) is 6.42 Å². The van der Waals surface area contributed by atoms with E-state index < -0.39 is 47.9 Å². The maximum absolute atomic E-state index is 13.1. The maximum atomic E-state index is 13.1. The molecule has 0 radical (unpaired) electrons. The molecule has 0 aromatic rings. The molecule has 0 aliphatic carbocycles. The number of hydrogen-bond donors (Lipinski definition) is 7. The van der Waals surface area contributed by atoms with Gasteiger partial charge in [-0.25, -0.2) is 4.79 Å². The number of carboxylic acid groups (broad SMARTS) is 1. The van der Waals surface area contributed by atoms with Crippen molar-refractivity contribution in [3.8, 4) is 0 Å². The second-order valence-electron chi connectivity index (χ2n) is 8.26. The van der Waals surface area contributed by atoms with Crippen LogP contribution < -0.4 is 33.2 Å². The first-order valence-electron chi connectivity index (χ1n) is 12.0. The molecule has 0 spiro atoms. The smallest absolute Gasteiger partial charge is 0.326 e. The van der Waals surface area contributed by atoms with Gasteiger partial charge >= 0.3 is 5.97 Å². The van der Waals surface area contributed by atoms with Crippen molar-refractivity contribution in [2.45, 2.75) is 75.5 Å². The highest BCUT2D eigenvalue weighted by atomic mass is 32.2. The summed E-state index contributed by atoms with van der Waals surface area (Å²) in [7, 11) is 0. The Bertz CT molecular complexity index is 643.